The summed E-state index contributed by atoms with van der Waals surface area (Å²) in [6.07, 6.45) is 0.0820. The summed E-state index contributed by atoms with van der Waals surface area (Å²) in [5.74, 6) is -1.65. The van der Waals surface area contributed by atoms with Crippen molar-refractivity contribution in [2.24, 2.45) is 0 Å². The molecule has 0 radical (unpaired) electrons. The first-order chi connectivity index (χ1) is 11.8. The molecule has 0 bridgehead atoms. The second-order valence-corrected chi connectivity index (χ2v) is 5.80. The Hall–Kier alpha value is -3.15. The van der Waals surface area contributed by atoms with E-state index in [1.165, 1.54) is 0 Å². The fourth-order valence-corrected chi connectivity index (χ4v) is 2.21. The molecule has 0 saturated heterocycles. The average Bonchev–Trinajstić information content (AvgIpc) is 2.57. The standard InChI is InChI=1S/C19H20N2O4/c1-12-3-6-15(9-13(12)2)19(25)21-16-7-4-14(5-8-16)10-17(22)20-11-18(23)24/h3-9H,10-11H2,1-2H3,(H,20,22)(H,21,25)(H,23,24). The average molecular weight is 340 g/mol. The van der Waals surface area contributed by atoms with Gasteiger partial charge >= 0.3 is 5.97 Å². The molecule has 130 valence electrons. The van der Waals surface area contributed by atoms with Crippen molar-refractivity contribution in [3.63, 3.8) is 0 Å². The molecule has 0 heterocycles. The first kappa shape index (κ1) is 18.2. The highest BCUT2D eigenvalue weighted by Crippen LogP contribution is 2.14. The normalized spacial score (nSPS) is 10.2. The Kier molecular flexibility index (Phi) is 5.89. The third-order valence-corrected chi connectivity index (χ3v) is 3.78. The van der Waals surface area contributed by atoms with Crippen LogP contribution in [-0.2, 0) is 16.0 Å². The molecule has 0 saturated carbocycles. The number of anilines is 1. The van der Waals surface area contributed by atoms with Gasteiger partial charge in [0.1, 0.15) is 6.54 Å². The SMILES string of the molecule is Cc1ccc(C(=O)Nc2ccc(CC(=O)NCC(=O)O)cc2)cc1C. The van der Waals surface area contributed by atoms with Crippen LogP contribution in [0.5, 0.6) is 0 Å². The summed E-state index contributed by atoms with van der Waals surface area (Å²) in [5.41, 5.74) is 4.11. The number of carbonyl (C=O) groups excluding carboxylic acids is 2. The summed E-state index contributed by atoms with van der Waals surface area (Å²) < 4.78 is 0. The largest absolute Gasteiger partial charge is 0.480 e. The first-order valence-electron chi connectivity index (χ1n) is 7.81. The van der Waals surface area contributed by atoms with Gasteiger partial charge in [-0.15, -0.1) is 0 Å². The molecule has 0 aliphatic heterocycles. The smallest absolute Gasteiger partial charge is 0.322 e. The molecule has 2 rings (SSSR count). The first-order valence-corrected chi connectivity index (χ1v) is 7.81. The minimum absolute atomic E-state index is 0.0820. The van der Waals surface area contributed by atoms with Gasteiger partial charge in [0.05, 0.1) is 6.42 Å². The lowest BCUT2D eigenvalue weighted by Crippen LogP contribution is -2.30. The van der Waals surface area contributed by atoms with Crippen LogP contribution < -0.4 is 10.6 Å². The highest BCUT2D eigenvalue weighted by molar-refractivity contribution is 6.04. The van der Waals surface area contributed by atoms with Crippen LogP contribution in [-0.4, -0.2) is 29.4 Å². The molecule has 0 aliphatic carbocycles. The van der Waals surface area contributed by atoms with Crippen molar-refractivity contribution in [1.29, 1.82) is 0 Å². The maximum absolute atomic E-state index is 12.3. The maximum atomic E-state index is 12.3. The predicted octanol–water partition coefficient (Wildman–Crippen LogP) is 2.30. The van der Waals surface area contributed by atoms with E-state index in [0.29, 0.717) is 11.3 Å². The van der Waals surface area contributed by atoms with Crippen LogP contribution in [0.2, 0.25) is 0 Å². The second kappa shape index (κ2) is 8.10. The Morgan fingerprint density at radius 2 is 1.64 bits per heavy atom. The lowest BCUT2D eigenvalue weighted by molar-refractivity contribution is -0.137. The number of hydrogen-bond acceptors (Lipinski definition) is 3. The highest BCUT2D eigenvalue weighted by atomic mass is 16.4. The molecule has 0 aromatic heterocycles. The van der Waals surface area contributed by atoms with E-state index in [4.69, 9.17) is 5.11 Å². The van der Waals surface area contributed by atoms with E-state index in [2.05, 4.69) is 10.6 Å². The van der Waals surface area contributed by atoms with E-state index in [-0.39, 0.29) is 18.2 Å². The van der Waals surface area contributed by atoms with Crippen LogP contribution in [0.3, 0.4) is 0 Å². The van der Waals surface area contributed by atoms with Gasteiger partial charge in [0.2, 0.25) is 5.91 Å². The van der Waals surface area contributed by atoms with Crippen molar-refractivity contribution < 1.29 is 19.5 Å². The molecule has 6 nitrogen and oxygen atoms in total. The highest BCUT2D eigenvalue weighted by Gasteiger charge is 2.08. The summed E-state index contributed by atoms with van der Waals surface area (Å²) in [5, 5.41) is 13.6. The van der Waals surface area contributed by atoms with Crippen molar-refractivity contribution in [3.05, 3.63) is 64.7 Å². The van der Waals surface area contributed by atoms with Gasteiger partial charge in [0.15, 0.2) is 0 Å². The van der Waals surface area contributed by atoms with Crippen molar-refractivity contribution in [2.45, 2.75) is 20.3 Å². The van der Waals surface area contributed by atoms with E-state index in [0.717, 1.165) is 16.7 Å². The number of aryl methyl sites for hydroxylation is 2. The molecule has 0 spiro atoms. The number of carbonyl (C=O) groups is 3. The summed E-state index contributed by atoms with van der Waals surface area (Å²) in [7, 11) is 0. The number of amides is 2. The number of hydrogen-bond donors (Lipinski definition) is 3. The third-order valence-electron chi connectivity index (χ3n) is 3.78. The van der Waals surface area contributed by atoms with Gasteiger partial charge in [-0.3, -0.25) is 14.4 Å². The van der Waals surface area contributed by atoms with Gasteiger partial charge in [-0.25, -0.2) is 0 Å². The zero-order chi connectivity index (χ0) is 18.4. The fourth-order valence-electron chi connectivity index (χ4n) is 2.21. The molecule has 0 unspecified atom stereocenters. The van der Waals surface area contributed by atoms with Gasteiger partial charge in [0, 0.05) is 11.3 Å². The van der Waals surface area contributed by atoms with Crippen molar-refractivity contribution in [2.75, 3.05) is 11.9 Å². The molecule has 0 aliphatic rings. The van der Waals surface area contributed by atoms with Crippen LogP contribution in [0, 0.1) is 13.8 Å². The summed E-state index contributed by atoms with van der Waals surface area (Å²) in [4.78, 5) is 34.2. The number of aliphatic carboxylic acids is 1. The van der Waals surface area contributed by atoms with E-state index < -0.39 is 12.5 Å². The number of rotatable bonds is 6. The number of carboxylic acids is 1. The molecule has 25 heavy (non-hydrogen) atoms. The maximum Gasteiger partial charge on any atom is 0.322 e. The molecule has 2 aromatic carbocycles. The van der Waals surface area contributed by atoms with Crippen molar-refractivity contribution in [3.8, 4) is 0 Å². The summed E-state index contributed by atoms with van der Waals surface area (Å²) in [6.45, 7) is 3.54. The molecule has 2 aromatic rings. The Balaban J connectivity index is 1.95. The zero-order valence-corrected chi connectivity index (χ0v) is 14.1. The van der Waals surface area contributed by atoms with Crippen LogP contribution in [0.4, 0.5) is 5.69 Å². The number of benzene rings is 2. The van der Waals surface area contributed by atoms with E-state index in [1.807, 2.05) is 26.0 Å². The molecule has 0 fully saturated rings. The fraction of sp³-hybridized carbons (Fsp3) is 0.211. The second-order valence-electron chi connectivity index (χ2n) is 5.80. The molecular formula is C19H20N2O4. The van der Waals surface area contributed by atoms with Crippen molar-refractivity contribution >= 4 is 23.5 Å². The van der Waals surface area contributed by atoms with E-state index in [1.54, 1.807) is 30.3 Å². The monoisotopic (exact) mass is 340 g/mol. The van der Waals surface area contributed by atoms with E-state index in [9.17, 15) is 14.4 Å². The van der Waals surface area contributed by atoms with Gasteiger partial charge < -0.3 is 15.7 Å². The molecule has 0 atom stereocenters. The Bertz CT molecular complexity index is 798. The van der Waals surface area contributed by atoms with Gasteiger partial charge in [-0.1, -0.05) is 18.2 Å². The van der Waals surface area contributed by atoms with Gasteiger partial charge in [-0.2, -0.15) is 0 Å². The Morgan fingerprint density at radius 3 is 2.24 bits per heavy atom. The third kappa shape index (κ3) is 5.46. The Morgan fingerprint density at radius 1 is 0.960 bits per heavy atom. The zero-order valence-electron chi connectivity index (χ0n) is 14.1. The quantitative estimate of drug-likeness (QED) is 0.752. The predicted molar refractivity (Wildman–Crippen MR) is 94.7 cm³/mol. The van der Waals surface area contributed by atoms with Crippen molar-refractivity contribution in [1.82, 2.24) is 5.32 Å². The van der Waals surface area contributed by atoms with Crippen LogP contribution in [0.15, 0.2) is 42.5 Å². The summed E-state index contributed by atoms with van der Waals surface area (Å²) >= 11 is 0. The summed E-state index contributed by atoms with van der Waals surface area (Å²) in [6, 6.07) is 12.4. The van der Waals surface area contributed by atoms with Gasteiger partial charge in [0.25, 0.3) is 5.91 Å². The van der Waals surface area contributed by atoms with Gasteiger partial charge in [-0.05, 0) is 54.8 Å². The number of nitrogens with one attached hydrogen (secondary N) is 2. The molecule has 6 heteroatoms. The minimum atomic E-state index is -1.09. The lowest BCUT2D eigenvalue weighted by Gasteiger charge is -2.08. The van der Waals surface area contributed by atoms with E-state index >= 15 is 0 Å². The van der Waals surface area contributed by atoms with Crippen LogP contribution >= 0.6 is 0 Å². The minimum Gasteiger partial charge on any atom is -0.480 e. The molecule has 2 amide bonds. The lowest BCUT2D eigenvalue weighted by atomic mass is 10.1. The Labute approximate surface area is 145 Å². The van der Waals surface area contributed by atoms with Crippen LogP contribution in [0.1, 0.15) is 27.0 Å². The molecule has 3 N–H and O–H groups in total. The number of carboxylic acid groups (broad SMARTS) is 1. The van der Waals surface area contributed by atoms with Crippen LogP contribution in [0.25, 0.3) is 0 Å². The topological polar surface area (TPSA) is 95.5 Å². The molecular weight excluding hydrogens is 320 g/mol.